The third kappa shape index (κ3) is 3.48. The lowest BCUT2D eigenvalue weighted by Gasteiger charge is -2.20. The third-order valence-electron chi connectivity index (χ3n) is 4.24. The van der Waals surface area contributed by atoms with Crippen molar-refractivity contribution in [3.63, 3.8) is 0 Å². The normalized spacial score (nSPS) is 13.8. The molecule has 0 radical (unpaired) electrons. The van der Waals surface area contributed by atoms with Gasteiger partial charge < -0.3 is 15.1 Å². The van der Waals surface area contributed by atoms with Crippen molar-refractivity contribution in [3.05, 3.63) is 47.9 Å². The van der Waals surface area contributed by atoms with E-state index >= 15 is 0 Å². The molecule has 0 atom stereocenters. The number of anilines is 2. The van der Waals surface area contributed by atoms with Crippen molar-refractivity contribution >= 4 is 17.4 Å². The lowest BCUT2D eigenvalue weighted by molar-refractivity contribution is 0.0951. The number of carbonyl (C=O) groups excluding carboxylic acids is 1. The third-order valence-corrected chi connectivity index (χ3v) is 4.24. The zero-order valence-electron chi connectivity index (χ0n) is 14.2. The maximum Gasteiger partial charge on any atom is 0.255 e. The molecule has 2 aromatic rings. The second-order valence-electron chi connectivity index (χ2n) is 6.15. The quantitative estimate of drug-likeness (QED) is 0.912. The Bertz CT molecular complexity index is 710. The molecule has 0 aliphatic carbocycles. The molecule has 126 valence electrons. The van der Waals surface area contributed by atoms with E-state index in [1.165, 1.54) is 12.8 Å². The van der Waals surface area contributed by atoms with E-state index in [-0.39, 0.29) is 5.91 Å². The molecule has 1 N–H and O–H groups in total. The molecule has 0 spiro atoms. The van der Waals surface area contributed by atoms with Gasteiger partial charge in [0.15, 0.2) is 0 Å². The fourth-order valence-electron chi connectivity index (χ4n) is 3.00. The van der Waals surface area contributed by atoms with E-state index < -0.39 is 0 Å². The molecule has 24 heavy (non-hydrogen) atoms. The summed E-state index contributed by atoms with van der Waals surface area (Å²) in [4.78, 5) is 25.4. The maximum atomic E-state index is 12.6. The van der Waals surface area contributed by atoms with Gasteiger partial charge in [-0.25, -0.2) is 4.98 Å². The molecule has 1 aliphatic heterocycles. The summed E-state index contributed by atoms with van der Waals surface area (Å²) < 4.78 is 0. The van der Waals surface area contributed by atoms with Crippen molar-refractivity contribution in [1.29, 1.82) is 0 Å². The molecule has 1 amide bonds. The predicted molar refractivity (Wildman–Crippen MR) is 95.4 cm³/mol. The average molecular weight is 325 g/mol. The van der Waals surface area contributed by atoms with Crippen LogP contribution < -0.4 is 15.1 Å². The molecule has 1 fully saturated rings. The second-order valence-corrected chi connectivity index (χ2v) is 6.15. The number of nitrogens with zero attached hydrogens (tertiary/aromatic N) is 4. The van der Waals surface area contributed by atoms with Crippen LogP contribution in [0.1, 0.15) is 28.8 Å². The zero-order chi connectivity index (χ0) is 16.9. The molecule has 3 heterocycles. The highest BCUT2D eigenvalue weighted by atomic mass is 16.1. The Morgan fingerprint density at radius 1 is 1.25 bits per heavy atom. The van der Waals surface area contributed by atoms with E-state index in [0.717, 1.165) is 30.2 Å². The molecule has 0 saturated carbocycles. The summed E-state index contributed by atoms with van der Waals surface area (Å²) in [5, 5.41) is 3.00. The highest BCUT2D eigenvalue weighted by molar-refractivity contribution is 5.99. The largest absolute Gasteiger partial charge is 0.377 e. The van der Waals surface area contributed by atoms with Crippen LogP contribution in [0.5, 0.6) is 0 Å². The van der Waals surface area contributed by atoms with Gasteiger partial charge in [-0.05, 0) is 25.0 Å². The molecule has 6 heteroatoms. The number of hydrogen-bond acceptors (Lipinski definition) is 5. The molecule has 1 saturated heterocycles. The van der Waals surface area contributed by atoms with Crippen LogP contribution in [0.3, 0.4) is 0 Å². The second kappa shape index (κ2) is 7.29. The van der Waals surface area contributed by atoms with Crippen LogP contribution >= 0.6 is 0 Å². The average Bonchev–Trinajstić information content (AvgIpc) is 3.14. The summed E-state index contributed by atoms with van der Waals surface area (Å²) in [7, 11) is 3.83. The lowest BCUT2D eigenvalue weighted by atomic mass is 10.2. The van der Waals surface area contributed by atoms with Crippen molar-refractivity contribution < 1.29 is 4.79 Å². The zero-order valence-corrected chi connectivity index (χ0v) is 14.2. The molecule has 2 aromatic heterocycles. The summed E-state index contributed by atoms with van der Waals surface area (Å²) in [6.45, 7) is 2.52. The van der Waals surface area contributed by atoms with Gasteiger partial charge in [-0.15, -0.1) is 0 Å². The molecule has 6 nitrogen and oxygen atoms in total. The smallest absolute Gasteiger partial charge is 0.255 e. The fraction of sp³-hybridized carbons (Fsp3) is 0.389. The molecule has 3 rings (SSSR count). The summed E-state index contributed by atoms with van der Waals surface area (Å²) in [6.07, 6.45) is 7.51. The van der Waals surface area contributed by atoms with Crippen LogP contribution in [0, 0.1) is 0 Å². The highest BCUT2D eigenvalue weighted by Gasteiger charge is 2.18. The number of aromatic nitrogens is 2. The Balaban J connectivity index is 1.73. The summed E-state index contributed by atoms with van der Waals surface area (Å²) in [5.74, 6) is 0.859. The summed E-state index contributed by atoms with van der Waals surface area (Å²) in [5.41, 5.74) is 2.48. The van der Waals surface area contributed by atoms with Crippen molar-refractivity contribution in [2.75, 3.05) is 37.0 Å². The minimum Gasteiger partial charge on any atom is -0.377 e. The Labute approximate surface area is 142 Å². The van der Waals surface area contributed by atoms with Gasteiger partial charge in [-0.2, -0.15) is 0 Å². The van der Waals surface area contributed by atoms with E-state index in [9.17, 15) is 4.79 Å². The first-order valence-corrected chi connectivity index (χ1v) is 8.25. The van der Waals surface area contributed by atoms with E-state index in [1.54, 1.807) is 12.4 Å². The van der Waals surface area contributed by atoms with E-state index in [4.69, 9.17) is 0 Å². The topological polar surface area (TPSA) is 61.4 Å². The minimum absolute atomic E-state index is 0.122. The molecular formula is C18H23N5O. The lowest BCUT2D eigenvalue weighted by Crippen LogP contribution is -2.27. The summed E-state index contributed by atoms with van der Waals surface area (Å²) >= 11 is 0. The van der Waals surface area contributed by atoms with Crippen LogP contribution in [0.2, 0.25) is 0 Å². The fourth-order valence-corrected chi connectivity index (χ4v) is 3.00. The molecule has 0 bridgehead atoms. The van der Waals surface area contributed by atoms with Crippen LogP contribution in [0.4, 0.5) is 11.5 Å². The number of pyridine rings is 2. The number of amides is 1. The Morgan fingerprint density at radius 2 is 2.04 bits per heavy atom. The number of carbonyl (C=O) groups is 1. The van der Waals surface area contributed by atoms with Gasteiger partial charge in [-0.1, -0.05) is 6.07 Å². The minimum atomic E-state index is -0.122. The van der Waals surface area contributed by atoms with Gasteiger partial charge in [0.25, 0.3) is 5.91 Å². The van der Waals surface area contributed by atoms with Crippen LogP contribution in [0.25, 0.3) is 0 Å². The van der Waals surface area contributed by atoms with Crippen molar-refractivity contribution in [2.24, 2.45) is 0 Å². The Kier molecular flexibility index (Phi) is 4.93. The van der Waals surface area contributed by atoms with Crippen molar-refractivity contribution in [2.45, 2.75) is 19.4 Å². The van der Waals surface area contributed by atoms with E-state index in [2.05, 4.69) is 20.2 Å². The Hall–Kier alpha value is -2.63. The van der Waals surface area contributed by atoms with Crippen molar-refractivity contribution in [3.8, 4) is 0 Å². The monoisotopic (exact) mass is 325 g/mol. The molecule has 0 aromatic carbocycles. The van der Waals surface area contributed by atoms with Gasteiger partial charge in [0.1, 0.15) is 5.82 Å². The molecule has 0 unspecified atom stereocenters. The van der Waals surface area contributed by atoms with E-state index in [0.29, 0.717) is 12.1 Å². The van der Waals surface area contributed by atoms with Gasteiger partial charge in [0.05, 0.1) is 11.3 Å². The SMILES string of the molecule is CN(C)c1ccncc1C(=O)NCc1cccnc1N1CCCC1. The first-order chi connectivity index (χ1) is 11.7. The summed E-state index contributed by atoms with van der Waals surface area (Å²) in [6, 6.07) is 5.78. The van der Waals surface area contributed by atoms with Crippen LogP contribution in [-0.2, 0) is 6.54 Å². The first kappa shape index (κ1) is 16.2. The Morgan fingerprint density at radius 3 is 2.79 bits per heavy atom. The van der Waals surface area contributed by atoms with Gasteiger partial charge in [0.2, 0.25) is 0 Å². The van der Waals surface area contributed by atoms with Gasteiger partial charge in [-0.3, -0.25) is 9.78 Å². The molecular weight excluding hydrogens is 302 g/mol. The number of hydrogen-bond donors (Lipinski definition) is 1. The van der Waals surface area contributed by atoms with Gasteiger partial charge >= 0.3 is 0 Å². The highest BCUT2D eigenvalue weighted by Crippen LogP contribution is 2.22. The van der Waals surface area contributed by atoms with Crippen LogP contribution in [-0.4, -0.2) is 43.1 Å². The standard InChI is InChI=1S/C18H23N5O/c1-22(2)16-7-9-19-13-15(16)18(24)21-12-14-6-5-8-20-17(14)23-10-3-4-11-23/h5-9,13H,3-4,10-12H2,1-2H3,(H,21,24). The first-order valence-electron chi connectivity index (χ1n) is 8.25. The maximum absolute atomic E-state index is 12.6. The number of nitrogens with one attached hydrogen (secondary N) is 1. The van der Waals surface area contributed by atoms with Crippen LogP contribution in [0.15, 0.2) is 36.8 Å². The van der Waals surface area contributed by atoms with Crippen molar-refractivity contribution in [1.82, 2.24) is 15.3 Å². The van der Waals surface area contributed by atoms with Gasteiger partial charge in [0, 0.05) is 57.9 Å². The predicted octanol–water partition coefficient (Wildman–Crippen LogP) is 2.07. The number of rotatable bonds is 5. The molecule has 1 aliphatic rings. The van der Waals surface area contributed by atoms with E-state index in [1.807, 2.05) is 43.4 Å².